The van der Waals surface area contributed by atoms with Crippen LogP contribution in [0, 0.1) is 0 Å². The van der Waals surface area contributed by atoms with Crippen LogP contribution < -0.4 is 10.6 Å². The molecule has 0 saturated carbocycles. The van der Waals surface area contributed by atoms with Crippen molar-refractivity contribution in [2.45, 2.75) is 25.2 Å². The van der Waals surface area contributed by atoms with E-state index >= 15 is 0 Å². The fraction of sp³-hybridized carbons (Fsp3) is 0.312. The van der Waals surface area contributed by atoms with Gasteiger partial charge in [-0.15, -0.1) is 0 Å². The summed E-state index contributed by atoms with van der Waals surface area (Å²) in [4.78, 5) is 23.8. The molecule has 2 amide bonds. The van der Waals surface area contributed by atoms with Gasteiger partial charge in [-0.3, -0.25) is 14.7 Å². The molecule has 6 heteroatoms. The third-order valence-electron chi connectivity index (χ3n) is 3.98. The van der Waals surface area contributed by atoms with Crippen LogP contribution in [0.15, 0.2) is 30.3 Å². The first-order valence-electron chi connectivity index (χ1n) is 7.33. The van der Waals surface area contributed by atoms with Crippen molar-refractivity contribution in [2.24, 2.45) is 0 Å². The third-order valence-corrected chi connectivity index (χ3v) is 3.98. The SMILES string of the molecule is CNC(=O)c1[nH]nc2c1[C@H](CCc1ccccc1)CC(=O)N2. The Hall–Kier alpha value is -2.63. The minimum Gasteiger partial charge on any atom is -0.354 e. The Morgan fingerprint density at radius 1 is 1.36 bits per heavy atom. The quantitative estimate of drug-likeness (QED) is 0.804. The molecule has 1 atom stereocenters. The van der Waals surface area contributed by atoms with Crippen LogP contribution in [-0.2, 0) is 11.2 Å². The van der Waals surface area contributed by atoms with E-state index in [9.17, 15) is 9.59 Å². The van der Waals surface area contributed by atoms with Crippen LogP contribution in [0.25, 0.3) is 0 Å². The van der Waals surface area contributed by atoms with Gasteiger partial charge >= 0.3 is 0 Å². The summed E-state index contributed by atoms with van der Waals surface area (Å²) in [7, 11) is 1.58. The number of rotatable bonds is 4. The number of fused-ring (bicyclic) bond motifs is 1. The second-order valence-corrected chi connectivity index (χ2v) is 5.41. The lowest BCUT2D eigenvalue weighted by atomic mass is 9.86. The van der Waals surface area contributed by atoms with E-state index in [0.717, 1.165) is 18.4 Å². The van der Waals surface area contributed by atoms with Crippen LogP contribution in [0.3, 0.4) is 0 Å². The van der Waals surface area contributed by atoms with E-state index in [2.05, 4.69) is 33.0 Å². The number of nitrogens with zero attached hydrogens (tertiary/aromatic N) is 1. The van der Waals surface area contributed by atoms with Gasteiger partial charge in [0.1, 0.15) is 5.69 Å². The van der Waals surface area contributed by atoms with Crippen molar-refractivity contribution < 1.29 is 9.59 Å². The number of hydrogen-bond donors (Lipinski definition) is 3. The molecule has 0 spiro atoms. The van der Waals surface area contributed by atoms with Gasteiger partial charge in [0.05, 0.1) is 0 Å². The molecular weight excluding hydrogens is 280 g/mol. The highest BCUT2D eigenvalue weighted by Crippen LogP contribution is 2.36. The zero-order valence-electron chi connectivity index (χ0n) is 12.3. The fourth-order valence-electron chi connectivity index (χ4n) is 2.88. The minimum atomic E-state index is -0.213. The van der Waals surface area contributed by atoms with Crippen LogP contribution in [-0.4, -0.2) is 29.1 Å². The number of amides is 2. The summed E-state index contributed by atoms with van der Waals surface area (Å²) >= 11 is 0. The van der Waals surface area contributed by atoms with Crippen molar-refractivity contribution >= 4 is 17.6 Å². The predicted molar refractivity (Wildman–Crippen MR) is 82.7 cm³/mol. The summed E-state index contributed by atoms with van der Waals surface area (Å²) in [5, 5.41) is 12.1. The summed E-state index contributed by atoms with van der Waals surface area (Å²) in [6.07, 6.45) is 2.04. The highest BCUT2D eigenvalue weighted by molar-refractivity contribution is 6.00. The van der Waals surface area contributed by atoms with E-state index in [0.29, 0.717) is 17.9 Å². The Morgan fingerprint density at radius 2 is 2.14 bits per heavy atom. The first-order chi connectivity index (χ1) is 10.7. The van der Waals surface area contributed by atoms with Gasteiger partial charge in [-0.05, 0) is 24.3 Å². The van der Waals surface area contributed by atoms with Gasteiger partial charge in [-0.2, -0.15) is 5.10 Å². The molecule has 1 aromatic carbocycles. The van der Waals surface area contributed by atoms with E-state index in [4.69, 9.17) is 0 Å². The van der Waals surface area contributed by atoms with Crippen molar-refractivity contribution in [3.05, 3.63) is 47.2 Å². The molecule has 3 N–H and O–H groups in total. The normalized spacial score (nSPS) is 16.8. The lowest BCUT2D eigenvalue weighted by molar-refractivity contribution is -0.116. The van der Waals surface area contributed by atoms with Gasteiger partial charge in [0.25, 0.3) is 5.91 Å². The predicted octanol–water partition coefficient (Wildman–Crippen LogP) is 1.83. The molecule has 22 heavy (non-hydrogen) atoms. The Labute approximate surface area is 128 Å². The van der Waals surface area contributed by atoms with E-state index in [1.807, 2.05) is 18.2 Å². The number of carbonyl (C=O) groups is 2. The molecule has 0 fully saturated rings. The molecule has 1 aromatic heterocycles. The molecular formula is C16H18N4O2. The van der Waals surface area contributed by atoms with Crippen LogP contribution in [0.4, 0.5) is 5.82 Å². The summed E-state index contributed by atoms with van der Waals surface area (Å²) in [6.45, 7) is 0. The van der Waals surface area contributed by atoms with Crippen molar-refractivity contribution in [2.75, 3.05) is 12.4 Å². The Balaban J connectivity index is 1.85. The smallest absolute Gasteiger partial charge is 0.269 e. The second-order valence-electron chi connectivity index (χ2n) is 5.41. The number of benzene rings is 1. The number of aryl methyl sites for hydroxylation is 1. The molecule has 0 aliphatic carbocycles. The Kier molecular flexibility index (Phi) is 3.91. The highest BCUT2D eigenvalue weighted by atomic mass is 16.2. The maximum Gasteiger partial charge on any atom is 0.269 e. The molecule has 0 radical (unpaired) electrons. The second kappa shape index (κ2) is 6.01. The molecule has 2 heterocycles. The lowest BCUT2D eigenvalue weighted by Crippen LogP contribution is -2.26. The van der Waals surface area contributed by atoms with E-state index in [-0.39, 0.29) is 17.7 Å². The molecule has 1 aliphatic rings. The van der Waals surface area contributed by atoms with E-state index < -0.39 is 0 Å². The Bertz CT molecular complexity index is 693. The first-order valence-corrected chi connectivity index (χ1v) is 7.33. The molecule has 0 saturated heterocycles. The van der Waals surface area contributed by atoms with Gasteiger partial charge in [0.2, 0.25) is 5.91 Å². The average Bonchev–Trinajstić information content (AvgIpc) is 2.96. The number of aromatic amines is 1. The number of aromatic nitrogens is 2. The van der Waals surface area contributed by atoms with Crippen LogP contribution >= 0.6 is 0 Å². The summed E-state index contributed by atoms with van der Waals surface area (Å²) in [6, 6.07) is 10.1. The topological polar surface area (TPSA) is 86.9 Å². The van der Waals surface area contributed by atoms with Gasteiger partial charge in [0.15, 0.2) is 5.82 Å². The van der Waals surface area contributed by atoms with E-state index in [1.54, 1.807) is 7.05 Å². The monoisotopic (exact) mass is 298 g/mol. The number of hydrogen-bond acceptors (Lipinski definition) is 3. The van der Waals surface area contributed by atoms with Gasteiger partial charge in [-0.25, -0.2) is 0 Å². The van der Waals surface area contributed by atoms with Crippen molar-refractivity contribution in [1.82, 2.24) is 15.5 Å². The maximum atomic E-state index is 12.0. The van der Waals surface area contributed by atoms with Crippen molar-refractivity contribution in [1.29, 1.82) is 0 Å². The van der Waals surface area contributed by atoms with Crippen LogP contribution in [0.1, 0.15) is 40.4 Å². The standard InChI is InChI=1S/C16H18N4O2/c1-17-16(22)14-13-11(8-7-10-5-3-2-4-6-10)9-12(21)18-15(13)20-19-14/h2-6,11H,7-9H2,1H3,(H,17,22)(H2,18,19,20,21)/t11-/m1/s1. The summed E-state index contributed by atoms with van der Waals surface area (Å²) in [5.41, 5.74) is 2.48. The number of H-pyrrole nitrogens is 1. The van der Waals surface area contributed by atoms with Gasteiger partial charge in [-0.1, -0.05) is 30.3 Å². The van der Waals surface area contributed by atoms with E-state index in [1.165, 1.54) is 5.56 Å². The zero-order valence-corrected chi connectivity index (χ0v) is 12.3. The highest BCUT2D eigenvalue weighted by Gasteiger charge is 2.32. The maximum absolute atomic E-state index is 12.0. The molecule has 0 unspecified atom stereocenters. The summed E-state index contributed by atoms with van der Waals surface area (Å²) < 4.78 is 0. The fourth-order valence-corrected chi connectivity index (χ4v) is 2.88. The average molecular weight is 298 g/mol. The molecule has 3 rings (SSSR count). The van der Waals surface area contributed by atoms with Gasteiger partial charge in [0, 0.05) is 19.0 Å². The Morgan fingerprint density at radius 3 is 2.86 bits per heavy atom. The molecule has 0 bridgehead atoms. The molecule has 2 aromatic rings. The van der Waals surface area contributed by atoms with Crippen molar-refractivity contribution in [3.8, 4) is 0 Å². The zero-order chi connectivity index (χ0) is 15.5. The molecule has 114 valence electrons. The largest absolute Gasteiger partial charge is 0.354 e. The lowest BCUT2D eigenvalue weighted by Gasteiger charge is -2.22. The van der Waals surface area contributed by atoms with Crippen LogP contribution in [0.2, 0.25) is 0 Å². The summed E-state index contributed by atoms with van der Waals surface area (Å²) in [5.74, 6) is 0.207. The minimum absolute atomic E-state index is 0.00462. The van der Waals surface area contributed by atoms with Crippen LogP contribution in [0.5, 0.6) is 0 Å². The van der Waals surface area contributed by atoms with Crippen molar-refractivity contribution in [3.63, 3.8) is 0 Å². The third kappa shape index (κ3) is 2.72. The van der Waals surface area contributed by atoms with Gasteiger partial charge < -0.3 is 10.6 Å². The molecule has 1 aliphatic heterocycles. The molecule has 6 nitrogen and oxygen atoms in total. The number of nitrogens with one attached hydrogen (secondary N) is 3. The first kappa shape index (κ1) is 14.3. The number of anilines is 1. The number of carbonyl (C=O) groups excluding carboxylic acids is 2.